The Bertz CT molecular complexity index is 872. The zero-order chi connectivity index (χ0) is 18.7. The van der Waals surface area contributed by atoms with Crippen molar-refractivity contribution in [3.05, 3.63) is 70.3 Å². The Morgan fingerprint density at radius 2 is 1.73 bits per heavy atom. The van der Waals surface area contributed by atoms with Crippen LogP contribution in [0.1, 0.15) is 50.2 Å². The van der Waals surface area contributed by atoms with E-state index in [1.807, 2.05) is 44.2 Å². The van der Waals surface area contributed by atoms with E-state index >= 15 is 0 Å². The van der Waals surface area contributed by atoms with Crippen LogP contribution in [0.2, 0.25) is 0 Å². The standard InChI is InChI=1S/C21H21NO4/c1-14-9-10-17-18(12-14)21(25)22(20(17)24)11-5-8-19(23)26-13-16-7-4-3-6-15(16)2/h3-4,6-7,9-10,12H,5,8,11,13H2,1-2H3. The molecule has 0 aromatic heterocycles. The summed E-state index contributed by atoms with van der Waals surface area (Å²) >= 11 is 0. The van der Waals surface area contributed by atoms with Gasteiger partial charge in [0, 0.05) is 13.0 Å². The lowest BCUT2D eigenvalue weighted by Gasteiger charge is -2.13. The maximum Gasteiger partial charge on any atom is 0.306 e. The first-order chi connectivity index (χ1) is 12.5. The number of aryl methyl sites for hydroxylation is 2. The Hall–Kier alpha value is -2.95. The van der Waals surface area contributed by atoms with Gasteiger partial charge in [0.1, 0.15) is 6.61 Å². The molecule has 2 amide bonds. The van der Waals surface area contributed by atoms with Gasteiger partial charge in [-0.05, 0) is 43.5 Å². The number of rotatable bonds is 6. The van der Waals surface area contributed by atoms with Gasteiger partial charge in [-0.25, -0.2) is 0 Å². The summed E-state index contributed by atoms with van der Waals surface area (Å²) in [4.78, 5) is 37.8. The van der Waals surface area contributed by atoms with Crippen LogP contribution < -0.4 is 0 Å². The van der Waals surface area contributed by atoms with Gasteiger partial charge in [0.15, 0.2) is 0 Å². The lowest BCUT2D eigenvalue weighted by molar-refractivity contribution is -0.145. The lowest BCUT2D eigenvalue weighted by Crippen LogP contribution is -2.31. The third-order valence-corrected chi connectivity index (χ3v) is 4.54. The van der Waals surface area contributed by atoms with Gasteiger partial charge in [-0.1, -0.05) is 35.9 Å². The molecule has 5 heteroatoms. The molecular formula is C21H21NO4. The van der Waals surface area contributed by atoms with Crippen LogP contribution >= 0.6 is 0 Å². The van der Waals surface area contributed by atoms with Gasteiger partial charge < -0.3 is 4.74 Å². The van der Waals surface area contributed by atoms with Gasteiger partial charge in [-0.15, -0.1) is 0 Å². The highest BCUT2D eigenvalue weighted by Crippen LogP contribution is 2.24. The van der Waals surface area contributed by atoms with Crippen molar-refractivity contribution in [1.29, 1.82) is 0 Å². The summed E-state index contributed by atoms with van der Waals surface area (Å²) in [6.07, 6.45) is 0.551. The van der Waals surface area contributed by atoms with E-state index in [4.69, 9.17) is 4.74 Å². The molecule has 0 aliphatic carbocycles. The Morgan fingerprint density at radius 1 is 1.00 bits per heavy atom. The Morgan fingerprint density at radius 3 is 2.50 bits per heavy atom. The number of hydrogen-bond donors (Lipinski definition) is 0. The van der Waals surface area contributed by atoms with Crippen LogP contribution in [0.4, 0.5) is 0 Å². The molecule has 0 saturated heterocycles. The number of benzene rings is 2. The topological polar surface area (TPSA) is 63.7 Å². The number of amides is 2. The minimum Gasteiger partial charge on any atom is -0.461 e. The van der Waals surface area contributed by atoms with Crippen LogP contribution in [-0.4, -0.2) is 29.2 Å². The highest BCUT2D eigenvalue weighted by Gasteiger charge is 2.34. The van der Waals surface area contributed by atoms with Crippen LogP contribution in [0.15, 0.2) is 42.5 Å². The van der Waals surface area contributed by atoms with Crippen LogP contribution in [0.3, 0.4) is 0 Å². The second kappa shape index (κ2) is 7.52. The SMILES string of the molecule is Cc1ccc2c(c1)C(=O)N(CCCC(=O)OCc1ccccc1C)C2=O. The number of carbonyl (C=O) groups is 3. The van der Waals surface area contributed by atoms with Crippen LogP contribution in [-0.2, 0) is 16.1 Å². The van der Waals surface area contributed by atoms with E-state index in [0.717, 1.165) is 16.7 Å². The highest BCUT2D eigenvalue weighted by molar-refractivity contribution is 6.21. The fourth-order valence-electron chi connectivity index (χ4n) is 2.99. The number of hydrogen-bond acceptors (Lipinski definition) is 4. The second-order valence-corrected chi connectivity index (χ2v) is 6.50. The first kappa shape index (κ1) is 17.9. The molecule has 3 rings (SSSR count). The largest absolute Gasteiger partial charge is 0.461 e. The average Bonchev–Trinajstić information content (AvgIpc) is 2.85. The predicted molar refractivity (Wildman–Crippen MR) is 96.8 cm³/mol. The molecule has 0 spiro atoms. The van der Waals surface area contributed by atoms with Crippen LogP contribution in [0.25, 0.3) is 0 Å². The molecule has 2 aromatic carbocycles. The quantitative estimate of drug-likeness (QED) is 0.591. The maximum absolute atomic E-state index is 12.4. The summed E-state index contributed by atoms with van der Waals surface area (Å²) in [6, 6.07) is 12.9. The summed E-state index contributed by atoms with van der Waals surface area (Å²) in [7, 11) is 0. The number of nitrogens with zero attached hydrogens (tertiary/aromatic N) is 1. The molecule has 5 nitrogen and oxygen atoms in total. The van der Waals surface area contributed by atoms with Gasteiger partial charge in [0.2, 0.25) is 0 Å². The zero-order valence-corrected chi connectivity index (χ0v) is 15.0. The molecule has 1 aliphatic rings. The fourth-order valence-corrected chi connectivity index (χ4v) is 2.99. The van der Waals surface area contributed by atoms with E-state index in [1.54, 1.807) is 12.1 Å². The normalized spacial score (nSPS) is 13.1. The van der Waals surface area contributed by atoms with Gasteiger partial charge in [-0.3, -0.25) is 19.3 Å². The Balaban J connectivity index is 1.49. The lowest BCUT2D eigenvalue weighted by atomic mass is 10.1. The highest BCUT2D eigenvalue weighted by atomic mass is 16.5. The molecule has 0 saturated carbocycles. The summed E-state index contributed by atoms with van der Waals surface area (Å²) in [5, 5.41) is 0. The Labute approximate surface area is 152 Å². The smallest absolute Gasteiger partial charge is 0.306 e. The van der Waals surface area contributed by atoms with Gasteiger partial charge >= 0.3 is 5.97 Å². The van der Waals surface area contributed by atoms with E-state index in [2.05, 4.69) is 0 Å². The summed E-state index contributed by atoms with van der Waals surface area (Å²) < 4.78 is 5.28. The minimum atomic E-state index is -0.333. The second-order valence-electron chi connectivity index (χ2n) is 6.50. The number of fused-ring (bicyclic) bond motifs is 1. The predicted octanol–water partition coefficient (Wildman–Crippen LogP) is 3.42. The molecule has 0 unspecified atom stereocenters. The first-order valence-electron chi connectivity index (χ1n) is 8.64. The zero-order valence-electron chi connectivity index (χ0n) is 15.0. The molecule has 0 radical (unpaired) electrons. The third kappa shape index (κ3) is 3.67. The van der Waals surface area contributed by atoms with Crippen LogP contribution in [0, 0.1) is 13.8 Å². The molecule has 1 aliphatic heterocycles. The van der Waals surface area contributed by atoms with Crippen molar-refractivity contribution in [2.24, 2.45) is 0 Å². The summed E-state index contributed by atoms with van der Waals surface area (Å²) in [5.74, 6) is -0.916. The van der Waals surface area contributed by atoms with Gasteiger partial charge in [0.25, 0.3) is 11.8 Å². The number of imide groups is 1. The van der Waals surface area contributed by atoms with Crippen molar-refractivity contribution in [3.63, 3.8) is 0 Å². The van der Waals surface area contributed by atoms with Crippen molar-refractivity contribution < 1.29 is 19.1 Å². The fraction of sp³-hybridized carbons (Fsp3) is 0.286. The molecular weight excluding hydrogens is 330 g/mol. The van der Waals surface area contributed by atoms with Crippen molar-refractivity contribution in [1.82, 2.24) is 4.90 Å². The molecule has 0 bridgehead atoms. The summed E-state index contributed by atoms with van der Waals surface area (Å²) in [6.45, 7) is 4.29. The third-order valence-electron chi connectivity index (χ3n) is 4.54. The summed E-state index contributed by atoms with van der Waals surface area (Å²) in [5.41, 5.74) is 3.85. The minimum absolute atomic E-state index is 0.165. The van der Waals surface area contributed by atoms with E-state index in [-0.39, 0.29) is 37.4 Å². The van der Waals surface area contributed by atoms with E-state index in [0.29, 0.717) is 17.5 Å². The first-order valence-corrected chi connectivity index (χ1v) is 8.64. The number of carbonyl (C=O) groups excluding carboxylic acids is 3. The van der Waals surface area contributed by atoms with E-state index < -0.39 is 0 Å². The molecule has 0 atom stereocenters. The Kier molecular flexibility index (Phi) is 5.16. The van der Waals surface area contributed by atoms with Crippen molar-refractivity contribution >= 4 is 17.8 Å². The van der Waals surface area contributed by atoms with Crippen molar-refractivity contribution in [3.8, 4) is 0 Å². The number of ether oxygens (including phenoxy) is 1. The van der Waals surface area contributed by atoms with E-state index in [1.165, 1.54) is 4.90 Å². The van der Waals surface area contributed by atoms with Crippen molar-refractivity contribution in [2.45, 2.75) is 33.3 Å². The molecule has 26 heavy (non-hydrogen) atoms. The van der Waals surface area contributed by atoms with Gasteiger partial charge in [-0.2, -0.15) is 0 Å². The molecule has 1 heterocycles. The molecule has 134 valence electrons. The molecule has 0 N–H and O–H groups in total. The average molecular weight is 351 g/mol. The van der Waals surface area contributed by atoms with Gasteiger partial charge in [0.05, 0.1) is 11.1 Å². The van der Waals surface area contributed by atoms with Crippen molar-refractivity contribution in [2.75, 3.05) is 6.54 Å². The maximum atomic E-state index is 12.4. The van der Waals surface area contributed by atoms with Crippen LogP contribution in [0.5, 0.6) is 0 Å². The monoisotopic (exact) mass is 351 g/mol. The molecule has 0 fully saturated rings. The van der Waals surface area contributed by atoms with E-state index in [9.17, 15) is 14.4 Å². The number of esters is 1. The molecule has 2 aromatic rings.